The van der Waals surface area contributed by atoms with E-state index in [0.29, 0.717) is 0 Å². The van der Waals surface area contributed by atoms with Gasteiger partial charge in [-0.1, -0.05) is 12.1 Å². The number of hydrogen-bond donors (Lipinski definition) is 0. The molecule has 0 spiro atoms. The van der Waals surface area contributed by atoms with E-state index in [1.165, 1.54) is 11.0 Å². The standard InChI is InChI=1S/C14H18O2S/c1-14(2,3)16-13(15)9-8-11-6-5-7-12(10-11)17-4/h5-10H,1-4H3. The molecule has 0 heterocycles. The van der Waals surface area contributed by atoms with Crippen molar-refractivity contribution in [2.75, 3.05) is 6.26 Å². The molecule has 1 aromatic carbocycles. The van der Waals surface area contributed by atoms with Gasteiger partial charge in [-0.3, -0.25) is 0 Å². The van der Waals surface area contributed by atoms with E-state index in [2.05, 4.69) is 0 Å². The van der Waals surface area contributed by atoms with Crippen LogP contribution in [0.15, 0.2) is 35.2 Å². The topological polar surface area (TPSA) is 26.3 Å². The van der Waals surface area contributed by atoms with Crippen LogP contribution in [-0.2, 0) is 9.53 Å². The number of carbonyl (C=O) groups is 1. The molecule has 0 saturated carbocycles. The zero-order chi connectivity index (χ0) is 12.9. The molecule has 0 bridgehead atoms. The molecule has 17 heavy (non-hydrogen) atoms. The lowest BCUT2D eigenvalue weighted by molar-refractivity contribution is -0.148. The molecule has 1 rings (SSSR count). The Bertz CT molecular complexity index is 416. The number of thioether (sulfide) groups is 1. The third-order valence-electron chi connectivity index (χ3n) is 1.91. The molecule has 0 unspecified atom stereocenters. The molecule has 92 valence electrons. The van der Waals surface area contributed by atoms with Crippen molar-refractivity contribution in [1.82, 2.24) is 0 Å². The molecule has 0 aliphatic carbocycles. The maximum Gasteiger partial charge on any atom is 0.331 e. The van der Waals surface area contributed by atoms with Gasteiger partial charge in [-0.15, -0.1) is 11.8 Å². The molecular formula is C14H18O2S. The second kappa shape index (κ2) is 5.92. The fourth-order valence-corrected chi connectivity index (χ4v) is 1.71. The minimum Gasteiger partial charge on any atom is -0.457 e. The maximum absolute atomic E-state index is 11.5. The molecule has 0 saturated heterocycles. The number of rotatable bonds is 3. The molecule has 0 atom stereocenters. The van der Waals surface area contributed by atoms with Crippen LogP contribution in [0.3, 0.4) is 0 Å². The van der Waals surface area contributed by atoms with Gasteiger partial charge in [-0.05, 0) is 50.8 Å². The zero-order valence-electron chi connectivity index (χ0n) is 10.7. The summed E-state index contributed by atoms with van der Waals surface area (Å²) in [6.07, 6.45) is 5.26. The molecule has 0 N–H and O–H groups in total. The van der Waals surface area contributed by atoms with Gasteiger partial charge < -0.3 is 4.74 Å². The van der Waals surface area contributed by atoms with Gasteiger partial charge in [-0.25, -0.2) is 4.79 Å². The number of hydrogen-bond acceptors (Lipinski definition) is 3. The Balaban J connectivity index is 2.67. The quantitative estimate of drug-likeness (QED) is 0.464. The molecule has 0 radical (unpaired) electrons. The normalized spacial score (nSPS) is 11.8. The predicted molar refractivity (Wildman–Crippen MR) is 73.1 cm³/mol. The highest BCUT2D eigenvalue weighted by molar-refractivity contribution is 7.98. The van der Waals surface area contributed by atoms with E-state index in [1.807, 2.05) is 51.3 Å². The van der Waals surface area contributed by atoms with E-state index >= 15 is 0 Å². The van der Waals surface area contributed by atoms with E-state index in [4.69, 9.17) is 4.74 Å². The summed E-state index contributed by atoms with van der Waals surface area (Å²) in [5, 5.41) is 0. The zero-order valence-corrected chi connectivity index (χ0v) is 11.5. The van der Waals surface area contributed by atoms with Gasteiger partial charge in [0.05, 0.1) is 0 Å². The van der Waals surface area contributed by atoms with Gasteiger partial charge in [0, 0.05) is 11.0 Å². The Kier molecular flexibility index (Phi) is 4.82. The van der Waals surface area contributed by atoms with E-state index < -0.39 is 5.60 Å². The highest BCUT2D eigenvalue weighted by Crippen LogP contribution is 2.16. The van der Waals surface area contributed by atoms with Gasteiger partial charge in [-0.2, -0.15) is 0 Å². The lowest BCUT2D eigenvalue weighted by atomic mass is 10.2. The maximum atomic E-state index is 11.5. The van der Waals surface area contributed by atoms with Crippen molar-refractivity contribution in [3.05, 3.63) is 35.9 Å². The van der Waals surface area contributed by atoms with Crippen LogP contribution >= 0.6 is 11.8 Å². The van der Waals surface area contributed by atoms with Crippen LogP contribution in [0.2, 0.25) is 0 Å². The molecular weight excluding hydrogens is 232 g/mol. The Morgan fingerprint density at radius 1 is 1.35 bits per heavy atom. The lowest BCUT2D eigenvalue weighted by Gasteiger charge is -2.17. The third-order valence-corrected chi connectivity index (χ3v) is 2.64. The summed E-state index contributed by atoms with van der Waals surface area (Å²) in [5.74, 6) is -0.313. The first kappa shape index (κ1) is 13.8. The summed E-state index contributed by atoms with van der Waals surface area (Å²) >= 11 is 1.68. The first-order valence-corrected chi connectivity index (χ1v) is 6.68. The van der Waals surface area contributed by atoms with Crippen molar-refractivity contribution < 1.29 is 9.53 Å². The lowest BCUT2D eigenvalue weighted by Crippen LogP contribution is -2.22. The molecule has 1 aromatic rings. The number of esters is 1. The van der Waals surface area contributed by atoms with Gasteiger partial charge >= 0.3 is 5.97 Å². The first-order chi connectivity index (χ1) is 7.90. The van der Waals surface area contributed by atoms with Gasteiger partial charge in [0.15, 0.2) is 0 Å². The van der Waals surface area contributed by atoms with E-state index in [9.17, 15) is 4.79 Å². The van der Waals surface area contributed by atoms with E-state index in [0.717, 1.165) is 5.56 Å². The fraction of sp³-hybridized carbons (Fsp3) is 0.357. The first-order valence-electron chi connectivity index (χ1n) is 5.46. The van der Waals surface area contributed by atoms with E-state index in [-0.39, 0.29) is 5.97 Å². The van der Waals surface area contributed by atoms with Crippen LogP contribution in [-0.4, -0.2) is 17.8 Å². The van der Waals surface area contributed by atoms with Crippen molar-refractivity contribution in [1.29, 1.82) is 0 Å². The predicted octanol–water partition coefficient (Wildman–Crippen LogP) is 3.76. The SMILES string of the molecule is CSc1cccc(C=CC(=O)OC(C)(C)C)c1. The molecule has 3 heteroatoms. The van der Waals surface area contributed by atoms with Crippen molar-refractivity contribution in [2.24, 2.45) is 0 Å². The van der Waals surface area contributed by atoms with Crippen molar-refractivity contribution >= 4 is 23.8 Å². The minimum absolute atomic E-state index is 0.313. The van der Waals surface area contributed by atoms with Crippen LogP contribution in [0.5, 0.6) is 0 Å². The van der Waals surface area contributed by atoms with Gasteiger partial charge in [0.1, 0.15) is 5.60 Å². The number of ether oxygens (including phenoxy) is 1. The highest BCUT2D eigenvalue weighted by Gasteiger charge is 2.13. The monoisotopic (exact) mass is 250 g/mol. The Morgan fingerprint density at radius 2 is 2.06 bits per heavy atom. The number of carbonyl (C=O) groups excluding carboxylic acids is 1. The second-order valence-corrected chi connectivity index (χ2v) is 5.52. The summed E-state index contributed by atoms with van der Waals surface area (Å²) in [6.45, 7) is 5.56. The van der Waals surface area contributed by atoms with E-state index in [1.54, 1.807) is 17.8 Å². The number of benzene rings is 1. The van der Waals surface area contributed by atoms with Crippen molar-refractivity contribution in [3.63, 3.8) is 0 Å². The van der Waals surface area contributed by atoms with Crippen LogP contribution in [0.25, 0.3) is 6.08 Å². The summed E-state index contributed by atoms with van der Waals surface area (Å²) in [5.41, 5.74) is 0.561. The largest absolute Gasteiger partial charge is 0.457 e. The molecule has 0 aliphatic rings. The molecule has 2 nitrogen and oxygen atoms in total. The summed E-state index contributed by atoms with van der Waals surface area (Å²) in [7, 11) is 0. The highest BCUT2D eigenvalue weighted by atomic mass is 32.2. The van der Waals surface area contributed by atoms with Crippen LogP contribution in [0, 0.1) is 0 Å². The Morgan fingerprint density at radius 3 is 2.65 bits per heavy atom. The Hall–Kier alpha value is -1.22. The average molecular weight is 250 g/mol. The summed E-state index contributed by atoms with van der Waals surface area (Å²) < 4.78 is 5.19. The van der Waals surface area contributed by atoms with Crippen LogP contribution < -0.4 is 0 Å². The third kappa shape index (κ3) is 5.59. The van der Waals surface area contributed by atoms with Crippen LogP contribution in [0.1, 0.15) is 26.3 Å². The second-order valence-electron chi connectivity index (χ2n) is 4.64. The summed E-state index contributed by atoms with van der Waals surface area (Å²) in [6, 6.07) is 8.00. The van der Waals surface area contributed by atoms with Crippen LogP contribution in [0.4, 0.5) is 0 Å². The van der Waals surface area contributed by atoms with Crippen molar-refractivity contribution in [2.45, 2.75) is 31.3 Å². The molecule has 0 aliphatic heterocycles. The van der Waals surface area contributed by atoms with Crippen molar-refractivity contribution in [3.8, 4) is 0 Å². The minimum atomic E-state index is -0.442. The fourth-order valence-electron chi connectivity index (χ4n) is 1.25. The Labute approximate surface area is 107 Å². The average Bonchev–Trinajstić information content (AvgIpc) is 2.24. The molecule has 0 aromatic heterocycles. The van der Waals surface area contributed by atoms with Gasteiger partial charge in [0.2, 0.25) is 0 Å². The molecule has 0 amide bonds. The van der Waals surface area contributed by atoms with Gasteiger partial charge in [0.25, 0.3) is 0 Å². The smallest absolute Gasteiger partial charge is 0.331 e. The summed E-state index contributed by atoms with van der Waals surface area (Å²) in [4.78, 5) is 12.6. The molecule has 0 fully saturated rings.